The number of rotatable bonds is 0. The van der Waals surface area contributed by atoms with E-state index in [-0.39, 0.29) is 26.8 Å². The highest BCUT2D eigenvalue weighted by atomic mass is 127. The third-order valence-electron chi connectivity index (χ3n) is 2.96. The van der Waals surface area contributed by atoms with Gasteiger partial charge in [0, 0.05) is 28.6 Å². The Hall–Kier alpha value is 0.350. The van der Waals surface area contributed by atoms with Crippen LogP contribution in [0.1, 0.15) is 13.3 Å². The molecular weight excluding hydrogens is 323 g/mol. The van der Waals surface area contributed by atoms with Crippen LogP contribution in [0.15, 0.2) is 20.6 Å². The maximum atomic E-state index is 9.94. The molecule has 0 saturated carbocycles. The molecule has 0 aliphatic carbocycles. The molecule has 3 unspecified atom stereocenters. The Labute approximate surface area is 104 Å². The van der Waals surface area contributed by atoms with Crippen LogP contribution in [-0.4, -0.2) is 26.8 Å². The number of hydrogen-bond acceptors (Lipinski definition) is 3. The Bertz CT molecular complexity index is 384. The second kappa shape index (κ2) is 3.68. The van der Waals surface area contributed by atoms with Crippen LogP contribution in [0, 0.1) is 5.92 Å². The van der Waals surface area contributed by atoms with E-state index in [1.807, 2.05) is 11.8 Å². The smallest absolute Gasteiger partial charge is 0.163 e. The molecule has 1 N–H and O–H groups in total. The van der Waals surface area contributed by atoms with Gasteiger partial charge in [-0.15, -0.1) is 11.8 Å². The molecule has 82 valence electrons. The van der Waals surface area contributed by atoms with Crippen molar-refractivity contribution in [2.45, 2.75) is 25.2 Å². The van der Waals surface area contributed by atoms with Gasteiger partial charge in [0.25, 0.3) is 0 Å². The van der Waals surface area contributed by atoms with Gasteiger partial charge in [0.15, 0.2) is 5.79 Å². The minimum absolute atomic E-state index is 0.0740. The first-order valence-electron chi connectivity index (χ1n) is 5.05. The lowest BCUT2D eigenvalue weighted by Gasteiger charge is -2.27. The molecule has 0 amide bonds. The molecule has 4 heteroatoms. The van der Waals surface area contributed by atoms with Gasteiger partial charge < -0.3 is 9.84 Å². The number of hydrogen-bond donors (Lipinski definition) is 1. The summed E-state index contributed by atoms with van der Waals surface area (Å²) in [6.45, 7) is 1.78. The lowest BCUT2D eigenvalue weighted by atomic mass is 9.95. The van der Waals surface area contributed by atoms with Crippen molar-refractivity contribution >= 4 is 36.5 Å². The van der Waals surface area contributed by atoms with E-state index in [0.717, 1.165) is 12.2 Å². The van der Waals surface area contributed by atoms with E-state index in [9.17, 15) is 5.11 Å². The fourth-order valence-corrected chi connectivity index (χ4v) is 5.85. The minimum atomic E-state index is -0.911. The van der Waals surface area contributed by atoms with Crippen molar-refractivity contribution in [2.24, 2.45) is 5.92 Å². The summed E-state index contributed by atoms with van der Waals surface area (Å²) in [7, 11) is 0. The predicted octanol–water partition coefficient (Wildman–Crippen LogP) is 2.40. The number of halogens is 1. The van der Waals surface area contributed by atoms with Gasteiger partial charge in [0.2, 0.25) is 0 Å². The minimum Gasteiger partial charge on any atom is -0.366 e. The first-order chi connectivity index (χ1) is 7.16. The average Bonchev–Trinajstić information content (AvgIpc) is 2.52. The number of aliphatic hydroxyl groups is 1. The van der Waals surface area contributed by atoms with E-state index in [1.54, 1.807) is 6.92 Å². The third kappa shape index (κ3) is 1.85. The number of fused-ring (bicyclic) bond motifs is 2. The van der Waals surface area contributed by atoms with Crippen molar-refractivity contribution in [3.63, 3.8) is 0 Å². The summed E-state index contributed by atoms with van der Waals surface area (Å²) < 4.78 is 10.4. The van der Waals surface area contributed by atoms with Crippen LogP contribution in [-0.2, 0) is 4.74 Å². The molecule has 0 radical (unpaired) electrons. The summed E-state index contributed by atoms with van der Waals surface area (Å²) in [5.74, 6) is 0.664. The van der Waals surface area contributed by atoms with E-state index in [0.29, 0.717) is 5.92 Å². The maximum absolute atomic E-state index is 9.94. The van der Waals surface area contributed by atoms with Crippen molar-refractivity contribution < 1.29 is 9.84 Å². The summed E-state index contributed by atoms with van der Waals surface area (Å²) in [5.41, 5.74) is 1.35. The topological polar surface area (TPSA) is 29.5 Å². The van der Waals surface area contributed by atoms with Crippen LogP contribution in [0.3, 0.4) is 0 Å². The SMILES string of the molecule is CC1(O)CC2CSC3=C(C=IC=C3)C2O1. The maximum Gasteiger partial charge on any atom is 0.163 e. The normalized spacial score (nSPS) is 43.6. The second-order valence-electron chi connectivity index (χ2n) is 4.34. The van der Waals surface area contributed by atoms with Gasteiger partial charge in [-0.25, -0.2) is 0 Å². The fourth-order valence-electron chi connectivity index (χ4n) is 2.35. The van der Waals surface area contributed by atoms with Gasteiger partial charge in [-0.3, -0.25) is 0 Å². The molecule has 2 nitrogen and oxygen atoms in total. The molecule has 0 aromatic rings. The third-order valence-corrected chi connectivity index (χ3v) is 6.04. The molecule has 3 aliphatic rings. The van der Waals surface area contributed by atoms with Crippen molar-refractivity contribution in [3.8, 4) is 0 Å². The van der Waals surface area contributed by atoms with Crippen LogP contribution >= 0.6 is 32.5 Å². The predicted molar refractivity (Wildman–Crippen MR) is 72.3 cm³/mol. The molecule has 15 heavy (non-hydrogen) atoms. The largest absolute Gasteiger partial charge is 0.366 e. The summed E-state index contributed by atoms with van der Waals surface area (Å²) in [5, 5.41) is 9.94. The van der Waals surface area contributed by atoms with Crippen LogP contribution in [0.25, 0.3) is 0 Å². The monoisotopic (exact) mass is 336 g/mol. The van der Waals surface area contributed by atoms with E-state index in [1.165, 1.54) is 10.5 Å². The highest BCUT2D eigenvalue weighted by Crippen LogP contribution is 2.46. The number of thioether (sulfide) groups is 1. The van der Waals surface area contributed by atoms with Gasteiger partial charge in [-0.1, -0.05) is 20.7 Å². The van der Waals surface area contributed by atoms with E-state index in [4.69, 9.17) is 4.74 Å². The van der Waals surface area contributed by atoms with Gasteiger partial charge in [-0.05, 0) is 21.1 Å². The van der Waals surface area contributed by atoms with Crippen molar-refractivity contribution in [2.75, 3.05) is 5.75 Å². The zero-order chi connectivity index (χ0) is 10.5. The molecule has 3 aliphatic heterocycles. The first kappa shape index (κ1) is 10.5. The molecule has 1 saturated heterocycles. The Kier molecular flexibility index (Phi) is 2.58. The second-order valence-corrected chi connectivity index (χ2v) is 7.46. The van der Waals surface area contributed by atoms with Crippen LogP contribution in [0.5, 0.6) is 0 Å². The lowest BCUT2D eigenvalue weighted by molar-refractivity contribution is -0.170. The molecule has 0 aromatic heterocycles. The Morgan fingerprint density at radius 2 is 2.53 bits per heavy atom. The molecule has 0 bridgehead atoms. The zero-order valence-electron chi connectivity index (χ0n) is 8.44. The quantitative estimate of drug-likeness (QED) is 0.689. The average molecular weight is 336 g/mol. The number of allylic oxidation sites excluding steroid dienone is 1. The Morgan fingerprint density at radius 1 is 1.67 bits per heavy atom. The molecule has 3 heterocycles. The summed E-state index contributed by atoms with van der Waals surface area (Å²) in [6, 6.07) is 0. The standard InChI is InChI=1S/C11H13IO2S/c1-11(13)4-7-6-15-9-2-3-12-5-8(9)10(7)14-11/h2-3,5,7,10,13H,4,6H2,1H3. The van der Waals surface area contributed by atoms with Gasteiger partial charge in [0.05, 0.1) is 6.10 Å². The van der Waals surface area contributed by atoms with E-state index < -0.39 is 5.79 Å². The molecule has 3 rings (SSSR count). The molecule has 0 spiro atoms. The summed E-state index contributed by atoms with van der Waals surface area (Å²) in [4.78, 5) is 1.36. The van der Waals surface area contributed by atoms with Crippen molar-refractivity contribution in [3.05, 3.63) is 20.6 Å². The zero-order valence-corrected chi connectivity index (χ0v) is 11.4. The molecule has 3 atom stereocenters. The van der Waals surface area contributed by atoms with E-state index in [2.05, 4.69) is 14.2 Å². The molecule has 0 aromatic carbocycles. The van der Waals surface area contributed by atoms with Gasteiger partial charge >= 0.3 is 0 Å². The Balaban J connectivity index is 1.97. The van der Waals surface area contributed by atoms with Crippen LogP contribution < -0.4 is 0 Å². The van der Waals surface area contributed by atoms with Crippen LogP contribution in [0.2, 0.25) is 0 Å². The van der Waals surface area contributed by atoms with Crippen molar-refractivity contribution in [1.29, 1.82) is 0 Å². The molecule has 1 fully saturated rings. The number of ether oxygens (including phenoxy) is 1. The van der Waals surface area contributed by atoms with Gasteiger partial charge in [-0.2, -0.15) is 0 Å². The first-order valence-corrected chi connectivity index (χ1v) is 8.52. The highest BCUT2D eigenvalue weighted by Gasteiger charge is 2.45. The highest BCUT2D eigenvalue weighted by molar-refractivity contribution is 14.2. The van der Waals surface area contributed by atoms with Crippen LogP contribution in [0.4, 0.5) is 0 Å². The summed E-state index contributed by atoms with van der Waals surface area (Å²) in [6.07, 6.45) is 3.16. The summed E-state index contributed by atoms with van der Waals surface area (Å²) >= 11 is 1.99. The van der Waals surface area contributed by atoms with E-state index >= 15 is 0 Å². The molecular formula is C11H13IO2S. The lowest BCUT2D eigenvalue weighted by Crippen LogP contribution is -2.27. The van der Waals surface area contributed by atoms with Gasteiger partial charge in [0.1, 0.15) is 0 Å². The Morgan fingerprint density at radius 3 is 3.40 bits per heavy atom. The van der Waals surface area contributed by atoms with Crippen molar-refractivity contribution in [1.82, 2.24) is 0 Å². The fraction of sp³-hybridized carbons (Fsp3) is 0.545.